The van der Waals surface area contributed by atoms with Crippen molar-refractivity contribution in [2.45, 2.75) is 77.2 Å². The fraction of sp³-hybridized carbons (Fsp3) is 0.938. The molecule has 0 aromatic rings. The highest BCUT2D eigenvalue weighted by Gasteiger charge is 2.10. The van der Waals surface area contributed by atoms with Gasteiger partial charge < -0.3 is 19.7 Å². The molecule has 1 unspecified atom stereocenters. The van der Waals surface area contributed by atoms with Crippen molar-refractivity contribution >= 4 is 6.16 Å². The largest absolute Gasteiger partial charge is 0.505 e. The van der Waals surface area contributed by atoms with Crippen LogP contribution < -0.4 is 0 Å². The lowest BCUT2D eigenvalue weighted by Gasteiger charge is -2.14. The maximum atomic E-state index is 10.2. The van der Waals surface area contributed by atoms with E-state index < -0.39 is 12.3 Å². The van der Waals surface area contributed by atoms with Gasteiger partial charge in [0.05, 0.1) is 6.61 Å². The molecule has 126 valence electrons. The maximum Gasteiger partial charge on any atom is 0.505 e. The minimum absolute atomic E-state index is 0.108. The second-order valence-corrected chi connectivity index (χ2v) is 5.43. The highest BCUT2D eigenvalue weighted by molar-refractivity contribution is 5.56. The van der Waals surface area contributed by atoms with Crippen molar-refractivity contribution < 1.29 is 24.5 Å². The summed E-state index contributed by atoms with van der Waals surface area (Å²) in [5.41, 5.74) is 0. The molecular weight excluding hydrogens is 272 g/mol. The first-order valence-electron chi connectivity index (χ1n) is 8.28. The minimum atomic E-state index is -1.34. The van der Waals surface area contributed by atoms with Gasteiger partial charge in [-0.2, -0.15) is 0 Å². The van der Waals surface area contributed by atoms with E-state index in [1.165, 1.54) is 51.4 Å². The molecule has 0 aliphatic rings. The molecule has 0 spiro atoms. The summed E-state index contributed by atoms with van der Waals surface area (Å²) in [7, 11) is 0. The third-order valence-corrected chi connectivity index (χ3v) is 3.45. The summed E-state index contributed by atoms with van der Waals surface area (Å²) in [6, 6.07) is 0. The lowest BCUT2D eigenvalue weighted by molar-refractivity contribution is -0.0337. The van der Waals surface area contributed by atoms with Crippen LogP contribution in [-0.4, -0.2) is 42.3 Å². The Morgan fingerprint density at radius 2 is 1.48 bits per heavy atom. The predicted octanol–water partition coefficient (Wildman–Crippen LogP) is 3.98. The third kappa shape index (κ3) is 15.4. The molecule has 21 heavy (non-hydrogen) atoms. The maximum absolute atomic E-state index is 10.2. The number of aliphatic hydroxyl groups is 1. The molecule has 0 rings (SSSR count). The number of hydrogen-bond acceptors (Lipinski definition) is 4. The summed E-state index contributed by atoms with van der Waals surface area (Å²) < 4.78 is 9.75. The van der Waals surface area contributed by atoms with Gasteiger partial charge in [-0.25, -0.2) is 4.79 Å². The molecule has 2 N–H and O–H groups in total. The Balaban J connectivity index is 3.24. The minimum Gasteiger partial charge on any atom is -0.450 e. The van der Waals surface area contributed by atoms with Crippen LogP contribution in [-0.2, 0) is 9.47 Å². The number of carbonyl (C=O) groups is 1. The number of hydrogen-bond donors (Lipinski definition) is 2. The van der Waals surface area contributed by atoms with Crippen LogP contribution in [0.2, 0.25) is 0 Å². The quantitative estimate of drug-likeness (QED) is 0.353. The second-order valence-electron chi connectivity index (χ2n) is 5.43. The van der Waals surface area contributed by atoms with E-state index in [4.69, 9.17) is 14.9 Å². The number of aliphatic hydroxyl groups excluding tert-OH is 1. The average Bonchev–Trinajstić information content (AvgIpc) is 2.47. The number of carboxylic acid groups (broad SMARTS) is 1. The van der Waals surface area contributed by atoms with E-state index in [1.807, 2.05) is 0 Å². The van der Waals surface area contributed by atoms with Crippen molar-refractivity contribution in [1.82, 2.24) is 0 Å². The van der Waals surface area contributed by atoms with Crippen molar-refractivity contribution in [3.8, 4) is 0 Å². The fourth-order valence-corrected chi connectivity index (χ4v) is 2.16. The number of unbranched alkanes of at least 4 members (excludes halogenated alkanes) is 9. The van der Waals surface area contributed by atoms with Gasteiger partial charge in [0.25, 0.3) is 0 Å². The Bertz CT molecular complexity index is 233. The van der Waals surface area contributed by atoms with Crippen LogP contribution in [0.4, 0.5) is 4.79 Å². The van der Waals surface area contributed by atoms with Gasteiger partial charge in [0.15, 0.2) is 0 Å². The first-order valence-corrected chi connectivity index (χ1v) is 8.28. The second kappa shape index (κ2) is 15.6. The summed E-state index contributed by atoms with van der Waals surface area (Å²) in [6.45, 7) is 2.45. The third-order valence-electron chi connectivity index (χ3n) is 3.45. The van der Waals surface area contributed by atoms with Crippen molar-refractivity contribution in [3.63, 3.8) is 0 Å². The van der Waals surface area contributed by atoms with E-state index in [1.54, 1.807) is 0 Å². The molecule has 1 atom stereocenters. The molecule has 0 fully saturated rings. The molecule has 0 saturated carbocycles. The zero-order valence-electron chi connectivity index (χ0n) is 13.4. The molecule has 0 radical (unpaired) electrons. The lowest BCUT2D eigenvalue weighted by atomic mass is 10.1. The van der Waals surface area contributed by atoms with Gasteiger partial charge in [0.1, 0.15) is 12.7 Å². The Labute approximate surface area is 128 Å². The molecule has 5 heteroatoms. The van der Waals surface area contributed by atoms with Crippen LogP contribution in [0.15, 0.2) is 0 Å². The highest BCUT2D eigenvalue weighted by atomic mass is 16.7. The molecular formula is C16H32O5. The summed E-state index contributed by atoms with van der Waals surface area (Å²) in [5, 5.41) is 17.4. The van der Waals surface area contributed by atoms with E-state index in [9.17, 15) is 4.79 Å². The van der Waals surface area contributed by atoms with E-state index in [0.29, 0.717) is 6.61 Å². The number of rotatable bonds is 15. The van der Waals surface area contributed by atoms with E-state index >= 15 is 0 Å². The lowest BCUT2D eigenvalue weighted by Crippen LogP contribution is -2.25. The molecule has 0 aromatic carbocycles. The van der Waals surface area contributed by atoms with Gasteiger partial charge in [-0.1, -0.05) is 64.7 Å². The molecule has 0 aliphatic heterocycles. The SMILES string of the molecule is CCCCCCCCCCCCOC(CO)COC(=O)O. The molecule has 0 saturated heterocycles. The summed E-state index contributed by atoms with van der Waals surface area (Å²) >= 11 is 0. The standard InChI is InChI=1S/C16H32O5/c1-2-3-4-5-6-7-8-9-10-11-12-20-15(13-17)14-21-16(18)19/h15,17H,2-14H2,1H3,(H,18,19). The van der Waals surface area contributed by atoms with Crippen LogP contribution >= 0.6 is 0 Å². The zero-order valence-corrected chi connectivity index (χ0v) is 13.4. The van der Waals surface area contributed by atoms with Crippen molar-refractivity contribution in [1.29, 1.82) is 0 Å². The monoisotopic (exact) mass is 304 g/mol. The van der Waals surface area contributed by atoms with Gasteiger partial charge in [-0.15, -0.1) is 0 Å². The van der Waals surface area contributed by atoms with Crippen LogP contribution in [0.3, 0.4) is 0 Å². The average molecular weight is 304 g/mol. The Morgan fingerprint density at radius 1 is 0.952 bits per heavy atom. The van der Waals surface area contributed by atoms with Gasteiger partial charge in [0.2, 0.25) is 0 Å². The van der Waals surface area contributed by atoms with Gasteiger partial charge >= 0.3 is 6.16 Å². The summed E-state index contributed by atoms with van der Waals surface area (Å²) in [5.74, 6) is 0. The van der Waals surface area contributed by atoms with Crippen molar-refractivity contribution in [2.24, 2.45) is 0 Å². The van der Waals surface area contributed by atoms with Crippen LogP contribution in [0.5, 0.6) is 0 Å². The van der Waals surface area contributed by atoms with Gasteiger partial charge in [0, 0.05) is 6.61 Å². The van der Waals surface area contributed by atoms with E-state index in [-0.39, 0.29) is 13.2 Å². The smallest absolute Gasteiger partial charge is 0.450 e. The summed E-state index contributed by atoms with van der Waals surface area (Å²) in [6.07, 6.45) is 10.7. The van der Waals surface area contributed by atoms with Gasteiger partial charge in [-0.05, 0) is 6.42 Å². The first-order chi connectivity index (χ1) is 10.2. The predicted molar refractivity (Wildman–Crippen MR) is 82.6 cm³/mol. The molecule has 0 bridgehead atoms. The molecule has 0 aromatic heterocycles. The number of ether oxygens (including phenoxy) is 2. The highest BCUT2D eigenvalue weighted by Crippen LogP contribution is 2.10. The van der Waals surface area contributed by atoms with Crippen LogP contribution in [0, 0.1) is 0 Å². The first kappa shape index (κ1) is 20.2. The van der Waals surface area contributed by atoms with Crippen molar-refractivity contribution in [2.75, 3.05) is 19.8 Å². The van der Waals surface area contributed by atoms with Crippen molar-refractivity contribution in [3.05, 3.63) is 0 Å². The summed E-state index contributed by atoms with van der Waals surface area (Å²) in [4.78, 5) is 10.2. The Kier molecular flexibility index (Phi) is 15.0. The molecule has 0 amide bonds. The Hall–Kier alpha value is -0.810. The molecule has 0 heterocycles. The van der Waals surface area contributed by atoms with E-state index in [0.717, 1.165) is 12.8 Å². The molecule has 5 nitrogen and oxygen atoms in total. The normalized spacial score (nSPS) is 12.3. The molecule has 0 aliphatic carbocycles. The topological polar surface area (TPSA) is 76.0 Å². The fourth-order valence-electron chi connectivity index (χ4n) is 2.16. The Morgan fingerprint density at radius 3 is 1.95 bits per heavy atom. The van der Waals surface area contributed by atoms with E-state index in [2.05, 4.69) is 11.7 Å². The van der Waals surface area contributed by atoms with Crippen LogP contribution in [0.25, 0.3) is 0 Å². The van der Waals surface area contributed by atoms with Gasteiger partial charge in [-0.3, -0.25) is 0 Å². The van der Waals surface area contributed by atoms with Crippen LogP contribution in [0.1, 0.15) is 71.1 Å². The zero-order chi connectivity index (χ0) is 15.8.